The highest BCUT2D eigenvalue weighted by Gasteiger charge is 2.20. The molecule has 7 nitrogen and oxygen atoms in total. The number of halogens is 1. The van der Waals surface area contributed by atoms with E-state index in [1.807, 2.05) is 17.9 Å². The van der Waals surface area contributed by atoms with E-state index in [-0.39, 0.29) is 29.2 Å². The van der Waals surface area contributed by atoms with Gasteiger partial charge in [0.05, 0.1) is 6.54 Å². The number of terminal acetylenes is 1. The lowest BCUT2D eigenvalue weighted by molar-refractivity contribution is 0.0988. The third-order valence-electron chi connectivity index (χ3n) is 4.80. The zero-order chi connectivity index (χ0) is 21.0. The van der Waals surface area contributed by atoms with Crippen LogP contribution in [0.1, 0.15) is 20.8 Å². The quantitative estimate of drug-likeness (QED) is 0.333. The number of anilines is 2. The number of likely N-dealkylation sites (N-methyl/N-ethyl adjacent to an activating group) is 1. The van der Waals surface area contributed by atoms with Crippen molar-refractivity contribution in [2.24, 2.45) is 0 Å². The van der Waals surface area contributed by atoms with Gasteiger partial charge in [-0.2, -0.15) is 0 Å². The number of piperazine rings is 1. The second kappa shape index (κ2) is 8.71. The number of nitrogens with zero attached hydrogens (tertiary/aromatic N) is 3. The van der Waals surface area contributed by atoms with Crippen LogP contribution in [0.25, 0.3) is 0 Å². The molecule has 0 aliphatic carbocycles. The molecule has 3 rings (SSSR count). The molecule has 0 amide bonds. The van der Waals surface area contributed by atoms with Crippen molar-refractivity contribution in [1.29, 1.82) is 0 Å². The number of nitrogens with one attached hydrogen (secondary N) is 1. The number of aromatic nitrogens is 1. The van der Waals surface area contributed by atoms with Crippen molar-refractivity contribution < 1.29 is 19.1 Å². The summed E-state index contributed by atoms with van der Waals surface area (Å²) in [6.45, 7) is 2.82. The van der Waals surface area contributed by atoms with Crippen LogP contribution in [0.2, 0.25) is 0 Å². The highest BCUT2D eigenvalue weighted by atomic mass is 19.1. The van der Waals surface area contributed by atoms with Gasteiger partial charge in [-0.05, 0) is 31.2 Å². The summed E-state index contributed by atoms with van der Waals surface area (Å²) in [5.74, 6) is -0.245. The van der Waals surface area contributed by atoms with Gasteiger partial charge in [-0.1, -0.05) is 0 Å². The number of pyridine rings is 1. The molecule has 1 fully saturated rings. The van der Waals surface area contributed by atoms with E-state index in [2.05, 4.69) is 15.2 Å². The maximum Gasteiger partial charge on any atom is 0.254 e. The minimum absolute atomic E-state index is 0.0388. The Labute approximate surface area is 168 Å². The molecule has 1 aromatic heterocycles. The minimum atomic E-state index is -0.709. The maximum atomic E-state index is 14.6. The molecule has 150 valence electrons. The van der Waals surface area contributed by atoms with Gasteiger partial charge < -0.3 is 20.2 Å². The largest absolute Gasteiger partial charge is 0.506 e. The van der Waals surface area contributed by atoms with Crippen LogP contribution in [0.3, 0.4) is 0 Å². The van der Waals surface area contributed by atoms with Gasteiger partial charge in [0.25, 0.3) is 5.78 Å². The minimum Gasteiger partial charge on any atom is -0.506 e. The molecule has 0 saturated carbocycles. The molecule has 1 saturated heterocycles. The fourth-order valence-corrected chi connectivity index (χ4v) is 3.14. The molecule has 1 aromatic carbocycles. The molecule has 0 unspecified atom stereocenters. The Morgan fingerprint density at radius 3 is 2.69 bits per heavy atom. The first-order valence-corrected chi connectivity index (χ1v) is 9.09. The molecule has 1 aliphatic rings. The van der Waals surface area contributed by atoms with E-state index in [4.69, 9.17) is 6.42 Å². The van der Waals surface area contributed by atoms with Gasteiger partial charge in [-0.25, -0.2) is 4.39 Å². The molecule has 0 bridgehead atoms. The number of benzene rings is 1. The summed E-state index contributed by atoms with van der Waals surface area (Å²) >= 11 is 0. The number of Topliss-reactive ketones (excluding diaryl/α,β-unsaturated/α-hetero) is 2. The van der Waals surface area contributed by atoms with Gasteiger partial charge >= 0.3 is 0 Å². The molecular formula is C21H21FN4O3. The van der Waals surface area contributed by atoms with E-state index in [1.54, 1.807) is 0 Å². The summed E-state index contributed by atoms with van der Waals surface area (Å²) in [6, 6.07) is 5.73. The number of carbonyl (C=O) groups is 2. The van der Waals surface area contributed by atoms with Crippen LogP contribution in [-0.2, 0) is 0 Å². The molecule has 0 atom stereocenters. The van der Waals surface area contributed by atoms with E-state index >= 15 is 0 Å². The van der Waals surface area contributed by atoms with Gasteiger partial charge in [0.2, 0.25) is 0 Å². The van der Waals surface area contributed by atoms with E-state index < -0.39 is 17.4 Å². The van der Waals surface area contributed by atoms with Gasteiger partial charge in [0.1, 0.15) is 17.1 Å². The Morgan fingerprint density at radius 2 is 2.03 bits per heavy atom. The van der Waals surface area contributed by atoms with Crippen molar-refractivity contribution in [2.45, 2.75) is 0 Å². The van der Waals surface area contributed by atoms with Crippen molar-refractivity contribution in [3.05, 3.63) is 47.5 Å². The van der Waals surface area contributed by atoms with Gasteiger partial charge in [-0.15, -0.1) is 6.42 Å². The van der Waals surface area contributed by atoms with Crippen LogP contribution in [-0.4, -0.2) is 66.3 Å². The highest BCUT2D eigenvalue weighted by molar-refractivity contribution is 6.15. The van der Waals surface area contributed by atoms with Crippen LogP contribution in [0.15, 0.2) is 30.5 Å². The standard InChI is InChI=1S/C21H21FN4O3/c1-3-17(27)20-15(5-4-6-23-20)19(29)13-24-21-16(22)11-14(12-18(21)28)26-9-7-25(2)8-10-26/h1,4-6,11-12,24,28H,7-10,13H2,2H3. The third kappa shape index (κ3) is 4.52. The van der Waals surface area contributed by atoms with Gasteiger partial charge in [0.15, 0.2) is 11.6 Å². The molecule has 1 aliphatic heterocycles. The lowest BCUT2D eigenvalue weighted by Crippen LogP contribution is -2.44. The molecule has 2 aromatic rings. The predicted molar refractivity (Wildman–Crippen MR) is 108 cm³/mol. The number of hydrogen-bond acceptors (Lipinski definition) is 7. The Bertz CT molecular complexity index is 955. The number of aromatic hydroxyl groups is 1. The summed E-state index contributed by atoms with van der Waals surface area (Å²) in [5.41, 5.74) is 0.317. The number of ketones is 2. The monoisotopic (exact) mass is 396 g/mol. The fraction of sp³-hybridized carbons (Fsp3) is 0.286. The van der Waals surface area contributed by atoms with Crippen LogP contribution in [0, 0.1) is 18.2 Å². The summed E-state index contributed by atoms with van der Waals surface area (Å²) < 4.78 is 14.6. The summed E-state index contributed by atoms with van der Waals surface area (Å²) in [5, 5.41) is 12.9. The zero-order valence-corrected chi connectivity index (χ0v) is 16.0. The summed E-state index contributed by atoms with van der Waals surface area (Å²) in [7, 11) is 2.02. The average Bonchev–Trinajstić information content (AvgIpc) is 2.72. The van der Waals surface area contributed by atoms with E-state index in [9.17, 15) is 19.1 Å². The van der Waals surface area contributed by atoms with Crippen LogP contribution >= 0.6 is 0 Å². The first kappa shape index (κ1) is 20.3. The van der Waals surface area contributed by atoms with Crippen molar-refractivity contribution >= 4 is 22.9 Å². The van der Waals surface area contributed by atoms with Crippen molar-refractivity contribution in [1.82, 2.24) is 9.88 Å². The lowest BCUT2D eigenvalue weighted by atomic mass is 10.1. The number of phenolic OH excluding ortho intramolecular Hbond substituents is 1. The SMILES string of the molecule is C#CC(=O)c1ncccc1C(=O)CNc1c(O)cc(N2CCN(C)CC2)cc1F. The fourth-order valence-electron chi connectivity index (χ4n) is 3.14. The van der Waals surface area contributed by atoms with Crippen molar-refractivity contribution in [3.63, 3.8) is 0 Å². The normalized spacial score (nSPS) is 14.3. The van der Waals surface area contributed by atoms with E-state index in [0.717, 1.165) is 26.2 Å². The predicted octanol–water partition coefficient (Wildman–Crippen LogP) is 1.79. The molecular weight excluding hydrogens is 375 g/mol. The van der Waals surface area contributed by atoms with Gasteiger partial charge in [0, 0.05) is 49.7 Å². The number of rotatable bonds is 6. The molecule has 2 N–H and O–H groups in total. The summed E-state index contributed by atoms with van der Waals surface area (Å²) in [4.78, 5) is 32.3. The molecule has 8 heteroatoms. The summed E-state index contributed by atoms with van der Waals surface area (Å²) in [6.07, 6.45) is 6.46. The third-order valence-corrected chi connectivity index (χ3v) is 4.80. The van der Waals surface area contributed by atoms with E-state index in [1.165, 1.54) is 30.5 Å². The molecule has 2 heterocycles. The number of phenols is 1. The van der Waals surface area contributed by atoms with Crippen LogP contribution in [0.4, 0.5) is 15.8 Å². The van der Waals surface area contributed by atoms with Crippen molar-refractivity contribution in [2.75, 3.05) is 50.0 Å². The topological polar surface area (TPSA) is 85.8 Å². The first-order chi connectivity index (χ1) is 13.9. The van der Waals surface area contributed by atoms with E-state index in [0.29, 0.717) is 5.69 Å². The first-order valence-electron chi connectivity index (χ1n) is 9.09. The lowest BCUT2D eigenvalue weighted by Gasteiger charge is -2.34. The maximum absolute atomic E-state index is 14.6. The molecule has 29 heavy (non-hydrogen) atoms. The Hall–Kier alpha value is -3.44. The highest BCUT2D eigenvalue weighted by Crippen LogP contribution is 2.32. The zero-order valence-electron chi connectivity index (χ0n) is 16.0. The Morgan fingerprint density at radius 1 is 1.31 bits per heavy atom. The van der Waals surface area contributed by atoms with Crippen LogP contribution < -0.4 is 10.2 Å². The Kier molecular flexibility index (Phi) is 6.10. The second-order valence-electron chi connectivity index (χ2n) is 6.76. The number of hydrogen-bond donors (Lipinski definition) is 2. The van der Waals surface area contributed by atoms with Gasteiger partial charge in [-0.3, -0.25) is 14.6 Å². The van der Waals surface area contributed by atoms with Crippen molar-refractivity contribution in [3.8, 4) is 18.1 Å². The second-order valence-corrected chi connectivity index (χ2v) is 6.76. The van der Waals surface area contributed by atoms with Crippen LogP contribution in [0.5, 0.6) is 5.75 Å². The molecule has 0 radical (unpaired) electrons. The molecule has 0 spiro atoms. The smallest absolute Gasteiger partial charge is 0.254 e. The Balaban J connectivity index is 1.74. The number of carbonyl (C=O) groups excluding carboxylic acids is 2. The average molecular weight is 396 g/mol.